The quantitative estimate of drug-likeness (QED) is 0.508. The summed E-state index contributed by atoms with van der Waals surface area (Å²) in [5, 5.41) is 3.96. The summed E-state index contributed by atoms with van der Waals surface area (Å²) in [6.07, 6.45) is 5.76. The molecule has 2 aromatic carbocycles. The van der Waals surface area contributed by atoms with Crippen molar-refractivity contribution in [3.8, 4) is 5.75 Å². The van der Waals surface area contributed by atoms with Crippen LogP contribution in [-0.2, 0) is 4.79 Å². The van der Waals surface area contributed by atoms with Gasteiger partial charge in [0.15, 0.2) is 0 Å². The number of nitrogens with one attached hydrogen (secondary N) is 1. The zero-order valence-corrected chi connectivity index (χ0v) is 18.1. The number of halogens is 1. The van der Waals surface area contributed by atoms with E-state index in [0.717, 1.165) is 42.3 Å². The maximum absolute atomic E-state index is 13.8. The average molecular weight is 421 g/mol. The van der Waals surface area contributed by atoms with Gasteiger partial charge in [0.25, 0.3) is 0 Å². The Morgan fingerprint density at radius 1 is 1.16 bits per heavy atom. The van der Waals surface area contributed by atoms with Crippen LogP contribution in [0.25, 0.3) is 10.9 Å². The first-order chi connectivity index (χ1) is 15.1. The second-order valence-corrected chi connectivity index (χ2v) is 8.38. The largest absolute Gasteiger partial charge is 0.492 e. The molecular formula is C26H29FN2O2. The van der Waals surface area contributed by atoms with E-state index in [1.165, 1.54) is 11.6 Å². The predicted octanol–water partition coefficient (Wildman–Crippen LogP) is 6.32. The van der Waals surface area contributed by atoms with Gasteiger partial charge < -0.3 is 10.1 Å². The van der Waals surface area contributed by atoms with Crippen LogP contribution in [0.1, 0.15) is 51.0 Å². The van der Waals surface area contributed by atoms with Crippen LogP contribution in [0, 0.1) is 17.7 Å². The summed E-state index contributed by atoms with van der Waals surface area (Å²) < 4.78 is 19.4. The lowest BCUT2D eigenvalue weighted by molar-refractivity contribution is -0.121. The molecule has 0 aliphatic heterocycles. The number of amides is 1. The van der Waals surface area contributed by atoms with Gasteiger partial charge in [-0.3, -0.25) is 9.78 Å². The molecule has 4 nitrogen and oxygen atoms in total. The summed E-state index contributed by atoms with van der Waals surface area (Å²) in [5.74, 6) is 1.13. The van der Waals surface area contributed by atoms with E-state index >= 15 is 0 Å². The Labute approximate surface area is 182 Å². The van der Waals surface area contributed by atoms with Crippen LogP contribution >= 0.6 is 0 Å². The fourth-order valence-corrected chi connectivity index (χ4v) is 4.74. The molecule has 0 unspecified atom stereocenters. The molecule has 1 aliphatic carbocycles. The van der Waals surface area contributed by atoms with E-state index < -0.39 is 0 Å². The van der Waals surface area contributed by atoms with Crippen LogP contribution in [0.5, 0.6) is 5.75 Å². The molecule has 1 N–H and O–H groups in total. The average Bonchev–Trinajstić information content (AvgIpc) is 2.79. The number of pyridine rings is 1. The number of fused-ring (bicyclic) bond motifs is 1. The molecule has 0 bridgehead atoms. The number of ether oxygens (including phenoxy) is 1. The van der Waals surface area contributed by atoms with Gasteiger partial charge in [0, 0.05) is 17.5 Å². The van der Waals surface area contributed by atoms with Crippen LogP contribution in [0.4, 0.5) is 10.1 Å². The van der Waals surface area contributed by atoms with Gasteiger partial charge in [0.05, 0.1) is 17.8 Å². The predicted molar refractivity (Wildman–Crippen MR) is 122 cm³/mol. The van der Waals surface area contributed by atoms with E-state index in [4.69, 9.17) is 4.74 Å². The first-order valence-electron chi connectivity index (χ1n) is 11.1. The minimum atomic E-state index is -0.229. The first-order valence-corrected chi connectivity index (χ1v) is 11.1. The monoisotopic (exact) mass is 420 g/mol. The zero-order valence-electron chi connectivity index (χ0n) is 18.1. The smallest absolute Gasteiger partial charge is 0.227 e. The van der Waals surface area contributed by atoms with E-state index in [2.05, 4.69) is 10.3 Å². The fraction of sp³-hybridized carbons (Fsp3) is 0.385. The van der Waals surface area contributed by atoms with E-state index in [-0.39, 0.29) is 17.6 Å². The number of rotatable bonds is 6. The van der Waals surface area contributed by atoms with Crippen molar-refractivity contribution in [2.75, 3.05) is 11.9 Å². The van der Waals surface area contributed by atoms with E-state index in [0.29, 0.717) is 24.2 Å². The van der Waals surface area contributed by atoms with Gasteiger partial charge in [-0.1, -0.05) is 19.1 Å². The van der Waals surface area contributed by atoms with Gasteiger partial charge >= 0.3 is 0 Å². The highest BCUT2D eigenvalue weighted by atomic mass is 19.1. The Kier molecular flexibility index (Phi) is 6.50. The minimum Gasteiger partial charge on any atom is -0.492 e. The van der Waals surface area contributed by atoms with Gasteiger partial charge in [-0.25, -0.2) is 4.39 Å². The molecule has 1 atom stereocenters. The van der Waals surface area contributed by atoms with Crippen molar-refractivity contribution in [3.05, 3.63) is 66.1 Å². The number of nitrogens with zero attached hydrogens (tertiary/aromatic N) is 1. The molecule has 0 saturated heterocycles. The molecule has 0 spiro atoms. The van der Waals surface area contributed by atoms with Crippen molar-refractivity contribution in [2.45, 2.75) is 45.4 Å². The van der Waals surface area contributed by atoms with Gasteiger partial charge in [0.1, 0.15) is 11.6 Å². The van der Waals surface area contributed by atoms with Crippen LogP contribution in [-0.4, -0.2) is 17.5 Å². The number of anilines is 1. The lowest BCUT2D eigenvalue weighted by Gasteiger charge is -2.32. The summed E-state index contributed by atoms with van der Waals surface area (Å²) in [4.78, 5) is 17.3. The van der Waals surface area contributed by atoms with Gasteiger partial charge in [-0.05, 0) is 86.4 Å². The Hall–Kier alpha value is -2.95. The van der Waals surface area contributed by atoms with E-state index in [1.807, 2.05) is 50.4 Å². The lowest BCUT2D eigenvalue weighted by Crippen LogP contribution is -2.29. The second-order valence-electron chi connectivity index (χ2n) is 8.38. The highest BCUT2D eigenvalue weighted by molar-refractivity contribution is 5.94. The Morgan fingerprint density at radius 3 is 2.71 bits per heavy atom. The van der Waals surface area contributed by atoms with E-state index in [9.17, 15) is 9.18 Å². The van der Waals surface area contributed by atoms with Gasteiger partial charge in [0.2, 0.25) is 5.91 Å². The summed E-state index contributed by atoms with van der Waals surface area (Å²) in [5.41, 5.74) is 2.73. The van der Waals surface area contributed by atoms with Crippen LogP contribution in [0.15, 0.2) is 54.7 Å². The molecule has 1 saturated carbocycles. The van der Waals surface area contributed by atoms with Crippen LogP contribution < -0.4 is 10.1 Å². The van der Waals surface area contributed by atoms with Crippen LogP contribution in [0.2, 0.25) is 0 Å². The fourth-order valence-electron chi connectivity index (χ4n) is 4.74. The zero-order chi connectivity index (χ0) is 21.8. The summed E-state index contributed by atoms with van der Waals surface area (Å²) in [6.45, 7) is 4.50. The maximum Gasteiger partial charge on any atom is 0.227 e. The highest BCUT2D eigenvalue weighted by Crippen LogP contribution is 2.41. The number of para-hydroxylation sites is 2. The minimum absolute atomic E-state index is 0.0343. The summed E-state index contributed by atoms with van der Waals surface area (Å²) >= 11 is 0. The molecule has 4 rings (SSSR count). The molecule has 1 aromatic heterocycles. The Morgan fingerprint density at radius 2 is 1.94 bits per heavy atom. The SMILES string of the molecule is CCOc1ccccc1NC(=O)[C@H](C)[C@H]1CC[C@@H](c2ccnc3ccc(F)cc32)CC1. The van der Waals surface area contributed by atoms with Crippen molar-refractivity contribution >= 4 is 22.5 Å². The van der Waals surface area contributed by atoms with Crippen molar-refractivity contribution < 1.29 is 13.9 Å². The van der Waals surface area contributed by atoms with Crippen molar-refractivity contribution in [1.82, 2.24) is 4.98 Å². The highest BCUT2D eigenvalue weighted by Gasteiger charge is 2.30. The van der Waals surface area contributed by atoms with E-state index in [1.54, 1.807) is 12.1 Å². The number of benzene rings is 2. The van der Waals surface area contributed by atoms with Crippen molar-refractivity contribution in [1.29, 1.82) is 0 Å². The van der Waals surface area contributed by atoms with Gasteiger partial charge in [-0.15, -0.1) is 0 Å². The third-order valence-corrected chi connectivity index (χ3v) is 6.51. The molecule has 1 amide bonds. The molecule has 31 heavy (non-hydrogen) atoms. The molecular weight excluding hydrogens is 391 g/mol. The molecule has 1 fully saturated rings. The second kappa shape index (κ2) is 9.46. The van der Waals surface area contributed by atoms with Crippen molar-refractivity contribution in [3.63, 3.8) is 0 Å². The van der Waals surface area contributed by atoms with Crippen LogP contribution in [0.3, 0.4) is 0 Å². The van der Waals surface area contributed by atoms with Gasteiger partial charge in [-0.2, -0.15) is 0 Å². The molecule has 162 valence electrons. The topological polar surface area (TPSA) is 51.2 Å². The molecule has 5 heteroatoms. The third-order valence-electron chi connectivity index (χ3n) is 6.51. The number of hydrogen-bond acceptors (Lipinski definition) is 3. The summed E-state index contributed by atoms with van der Waals surface area (Å²) in [6, 6.07) is 14.4. The first kappa shape index (κ1) is 21.3. The molecule has 1 aliphatic rings. The maximum atomic E-state index is 13.8. The number of aromatic nitrogens is 1. The number of hydrogen-bond donors (Lipinski definition) is 1. The molecule has 1 heterocycles. The third kappa shape index (κ3) is 4.71. The van der Waals surface area contributed by atoms with Crippen molar-refractivity contribution in [2.24, 2.45) is 11.8 Å². The Balaban J connectivity index is 1.41. The lowest BCUT2D eigenvalue weighted by atomic mass is 9.73. The molecule has 3 aromatic rings. The number of carbonyl (C=O) groups is 1. The standard InChI is InChI=1S/C26H29FN2O2/c1-3-31-25-7-5-4-6-24(25)29-26(30)17(2)18-8-10-19(11-9-18)21-14-15-28-23-13-12-20(27)16-22(21)23/h4-7,12-19H,3,8-11H2,1-2H3,(H,29,30)/t17-,18-,19+/m1/s1. The summed E-state index contributed by atoms with van der Waals surface area (Å²) in [7, 11) is 0. The number of carbonyl (C=O) groups excluding carboxylic acids is 1. The normalized spacial score (nSPS) is 19.7. The Bertz CT molecular complexity index is 1060. The molecule has 0 radical (unpaired) electrons.